The first-order valence-corrected chi connectivity index (χ1v) is 6.94. The van der Waals surface area contributed by atoms with Crippen LogP contribution in [-0.2, 0) is 0 Å². The van der Waals surface area contributed by atoms with Gasteiger partial charge in [0.15, 0.2) is 5.13 Å². The van der Waals surface area contributed by atoms with Gasteiger partial charge in [0.2, 0.25) is 5.88 Å². The number of nitrogens with one attached hydrogen (secondary N) is 1. The van der Waals surface area contributed by atoms with Gasteiger partial charge in [-0.05, 0) is 12.8 Å². The quantitative estimate of drug-likeness (QED) is 0.775. The monoisotopic (exact) mass is 265 g/mol. The predicted octanol–water partition coefficient (Wildman–Crippen LogP) is 2.11. The third-order valence-corrected chi connectivity index (χ3v) is 4.25. The maximum atomic E-state index is 9.91. The molecule has 3 rings (SSSR count). The Morgan fingerprint density at radius 2 is 2.17 bits per heavy atom. The second kappa shape index (κ2) is 4.70. The van der Waals surface area contributed by atoms with Crippen molar-refractivity contribution >= 4 is 26.7 Å². The van der Waals surface area contributed by atoms with Gasteiger partial charge in [-0.15, -0.1) is 0 Å². The molecule has 5 nitrogen and oxygen atoms in total. The van der Waals surface area contributed by atoms with Crippen LogP contribution in [0.2, 0.25) is 0 Å². The van der Waals surface area contributed by atoms with Gasteiger partial charge in [-0.3, -0.25) is 0 Å². The highest BCUT2D eigenvalue weighted by atomic mass is 32.1. The van der Waals surface area contributed by atoms with Crippen molar-refractivity contribution in [3.63, 3.8) is 0 Å². The van der Waals surface area contributed by atoms with Crippen LogP contribution in [0.4, 0.5) is 5.13 Å². The maximum absolute atomic E-state index is 9.91. The van der Waals surface area contributed by atoms with Crippen LogP contribution in [-0.4, -0.2) is 32.3 Å². The smallest absolute Gasteiger partial charge is 0.212 e. The minimum Gasteiger partial charge on any atom is -0.493 e. The van der Waals surface area contributed by atoms with Crippen molar-refractivity contribution in [2.45, 2.75) is 37.8 Å². The molecule has 0 aliphatic heterocycles. The number of anilines is 1. The number of aromatic hydroxyl groups is 1. The first kappa shape index (κ1) is 11.7. The summed E-state index contributed by atoms with van der Waals surface area (Å²) in [7, 11) is 0. The second-order valence-corrected chi connectivity index (χ2v) is 5.66. The largest absolute Gasteiger partial charge is 0.493 e. The van der Waals surface area contributed by atoms with Gasteiger partial charge < -0.3 is 15.5 Å². The molecule has 3 N–H and O–H groups in total. The fourth-order valence-corrected chi connectivity index (χ4v) is 3.25. The van der Waals surface area contributed by atoms with Crippen LogP contribution in [0, 0.1) is 0 Å². The molecule has 0 amide bonds. The van der Waals surface area contributed by atoms with E-state index in [0.717, 1.165) is 41.0 Å². The van der Waals surface area contributed by atoms with Gasteiger partial charge in [0, 0.05) is 6.07 Å². The molecule has 0 saturated heterocycles. The number of nitrogens with zero attached hydrogens (tertiary/aromatic N) is 2. The van der Waals surface area contributed by atoms with Gasteiger partial charge in [-0.2, -0.15) is 0 Å². The summed E-state index contributed by atoms with van der Waals surface area (Å²) in [5, 5.41) is 23.3. The van der Waals surface area contributed by atoms with Crippen LogP contribution < -0.4 is 5.32 Å². The molecule has 0 spiro atoms. The van der Waals surface area contributed by atoms with E-state index in [1.807, 2.05) is 0 Å². The molecule has 2 heterocycles. The summed E-state index contributed by atoms with van der Waals surface area (Å²) in [4.78, 5) is 8.21. The minimum absolute atomic E-state index is 0.00963. The molecule has 0 aromatic carbocycles. The molecule has 1 aliphatic carbocycles. The van der Waals surface area contributed by atoms with Crippen molar-refractivity contribution in [3.8, 4) is 5.88 Å². The zero-order valence-corrected chi connectivity index (χ0v) is 10.7. The Hall–Kier alpha value is -1.40. The number of aliphatic hydroxyl groups is 1. The van der Waals surface area contributed by atoms with E-state index < -0.39 is 0 Å². The van der Waals surface area contributed by atoms with Gasteiger partial charge in [0.05, 0.1) is 23.0 Å². The summed E-state index contributed by atoms with van der Waals surface area (Å²) in [5.74, 6) is 0.00963. The molecule has 18 heavy (non-hydrogen) atoms. The molecular formula is C12H15N3O2S. The number of pyridine rings is 1. The fourth-order valence-electron chi connectivity index (χ4n) is 2.32. The highest BCUT2D eigenvalue weighted by molar-refractivity contribution is 7.22. The molecule has 0 unspecified atom stereocenters. The molecule has 2 aromatic rings. The molecule has 2 aromatic heterocycles. The maximum Gasteiger partial charge on any atom is 0.212 e. The number of aromatic nitrogens is 2. The Kier molecular flexibility index (Phi) is 3.05. The molecule has 6 heteroatoms. The number of thiazole rings is 1. The van der Waals surface area contributed by atoms with Crippen molar-refractivity contribution in [1.82, 2.24) is 9.97 Å². The zero-order valence-electron chi connectivity index (χ0n) is 9.83. The highest BCUT2D eigenvalue weighted by Crippen LogP contribution is 2.29. The molecule has 1 aliphatic rings. The molecule has 96 valence electrons. The lowest BCUT2D eigenvalue weighted by atomic mass is 9.93. The Labute approximate surface area is 109 Å². The second-order valence-electron chi connectivity index (χ2n) is 4.63. The number of fused-ring (bicyclic) bond motifs is 1. The van der Waals surface area contributed by atoms with E-state index in [0.29, 0.717) is 0 Å². The number of aliphatic hydroxyl groups excluding tert-OH is 1. The van der Waals surface area contributed by atoms with Gasteiger partial charge in [-0.1, -0.05) is 24.2 Å². The molecule has 0 radical (unpaired) electrons. The van der Waals surface area contributed by atoms with Gasteiger partial charge in [0.25, 0.3) is 0 Å². The Morgan fingerprint density at radius 3 is 3.00 bits per heavy atom. The lowest BCUT2D eigenvalue weighted by Crippen LogP contribution is -2.36. The molecule has 1 saturated carbocycles. The summed E-state index contributed by atoms with van der Waals surface area (Å²) in [6.45, 7) is 0. The summed E-state index contributed by atoms with van der Waals surface area (Å²) in [5.41, 5.74) is 0.769. The van der Waals surface area contributed by atoms with Gasteiger partial charge in [-0.25, -0.2) is 9.97 Å². The topological polar surface area (TPSA) is 78.3 Å². The van der Waals surface area contributed by atoms with E-state index >= 15 is 0 Å². The lowest BCUT2D eigenvalue weighted by molar-refractivity contribution is 0.116. The average Bonchev–Trinajstić information content (AvgIpc) is 2.73. The Morgan fingerprint density at radius 1 is 1.33 bits per heavy atom. The molecule has 1 fully saturated rings. The van der Waals surface area contributed by atoms with Crippen molar-refractivity contribution < 1.29 is 10.2 Å². The van der Waals surface area contributed by atoms with E-state index in [4.69, 9.17) is 0 Å². The first-order valence-electron chi connectivity index (χ1n) is 6.12. The van der Waals surface area contributed by atoms with Crippen LogP contribution in [0.3, 0.4) is 0 Å². The Bertz CT molecular complexity index is 557. The fraction of sp³-hybridized carbons (Fsp3) is 0.500. The van der Waals surface area contributed by atoms with Crippen LogP contribution >= 0.6 is 11.3 Å². The van der Waals surface area contributed by atoms with E-state index in [2.05, 4.69) is 15.3 Å². The minimum atomic E-state index is -0.294. The van der Waals surface area contributed by atoms with Gasteiger partial charge in [0.1, 0.15) is 5.52 Å². The third-order valence-electron chi connectivity index (χ3n) is 3.30. The van der Waals surface area contributed by atoms with Crippen LogP contribution in [0.25, 0.3) is 10.2 Å². The van der Waals surface area contributed by atoms with Crippen molar-refractivity contribution in [3.05, 3.63) is 12.3 Å². The normalized spacial score (nSPS) is 24.3. The SMILES string of the molecule is Oc1cc2sc(N[C@@H]3CCCC[C@H]3O)nc2cn1. The molecule has 2 atom stereocenters. The molecule has 0 bridgehead atoms. The van der Waals surface area contributed by atoms with E-state index in [-0.39, 0.29) is 18.0 Å². The van der Waals surface area contributed by atoms with Gasteiger partial charge >= 0.3 is 0 Å². The predicted molar refractivity (Wildman–Crippen MR) is 71.0 cm³/mol. The number of rotatable bonds is 2. The van der Waals surface area contributed by atoms with E-state index in [1.165, 1.54) is 11.3 Å². The number of hydrogen-bond donors (Lipinski definition) is 3. The van der Waals surface area contributed by atoms with Crippen LogP contribution in [0.1, 0.15) is 25.7 Å². The third kappa shape index (κ3) is 2.26. The summed E-state index contributed by atoms with van der Waals surface area (Å²) in [6, 6.07) is 1.69. The lowest BCUT2D eigenvalue weighted by Gasteiger charge is -2.27. The Balaban J connectivity index is 1.81. The number of hydrogen-bond acceptors (Lipinski definition) is 6. The van der Waals surface area contributed by atoms with Crippen molar-refractivity contribution in [1.29, 1.82) is 0 Å². The summed E-state index contributed by atoms with van der Waals surface area (Å²) in [6.07, 6.45) is 5.32. The summed E-state index contributed by atoms with van der Waals surface area (Å²) >= 11 is 1.47. The summed E-state index contributed by atoms with van der Waals surface area (Å²) < 4.78 is 0.898. The first-order chi connectivity index (χ1) is 8.72. The van der Waals surface area contributed by atoms with E-state index in [9.17, 15) is 10.2 Å². The average molecular weight is 265 g/mol. The van der Waals surface area contributed by atoms with E-state index in [1.54, 1.807) is 12.3 Å². The highest BCUT2D eigenvalue weighted by Gasteiger charge is 2.23. The molecular weight excluding hydrogens is 250 g/mol. The van der Waals surface area contributed by atoms with Crippen molar-refractivity contribution in [2.24, 2.45) is 0 Å². The standard InChI is InChI=1S/C12H15N3O2S/c16-9-4-2-1-3-7(9)14-12-15-8-6-13-11(17)5-10(8)18-12/h5-7,9,16H,1-4H2,(H,13,17)(H,14,15)/t7-,9-/m1/s1. The zero-order chi connectivity index (χ0) is 12.5. The van der Waals surface area contributed by atoms with Crippen LogP contribution in [0.15, 0.2) is 12.3 Å². The van der Waals surface area contributed by atoms with Crippen LogP contribution in [0.5, 0.6) is 5.88 Å². The van der Waals surface area contributed by atoms with Crippen molar-refractivity contribution in [2.75, 3.05) is 5.32 Å².